The summed E-state index contributed by atoms with van der Waals surface area (Å²) in [5, 5.41) is 6.77. The normalized spacial score (nSPS) is 15.1. The van der Waals surface area contributed by atoms with Crippen molar-refractivity contribution in [3.05, 3.63) is 65.7 Å². The van der Waals surface area contributed by atoms with Gasteiger partial charge in [-0.15, -0.1) is 11.8 Å². The third-order valence-electron chi connectivity index (χ3n) is 4.52. The quantitative estimate of drug-likeness (QED) is 0.436. The van der Waals surface area contributed by atoms with Crippen molar-refractivity contribution in [2.75, 3.05) is 20.7 Å². The number of hydrogen-bond acceptors (Lipinski definition) is 4. The second kappa shape index (κ2) is 8.95. The van der Waals surface area contributed by atoms with Crippen molar-refractivity contribution >= 4 is 23.7 Å². The molecule has 1 saturated carbocycles. The van der Waals surface area contributed by atoms with Crippen LogP contribution in [0.3, 0.4) is 0 Å². The van der Waals surface area contributed by atoms with Crippen LogP contribution < -0.4 is 10.6 Å². The number of hydrogen-bond donors (Lipinski definition) is 2. The van der Waals surface area contributed by atoms with E-state index in [0.717, 1.165) is 18.1 Å². The van der Waals surface area contributed by atoms with Gasteiger partial charge in [-0.3, -0.25) is 4.99 Å². The molecule has 3 rings (SSSR count). The van der Waals surface area contributed by atoms with Gasteiger partial charge in [0.05, 0.1) is 12.7 Å². The molecule has 0 saturated heterocycles. The van der Waals surface area contributed by atoms with Gasteiger partial charge in [0.25, 0.3) is 0 Å². The summed E-state index contributed by atoms with van der Waals surface area (Å²) in [6.07, 6.45) is 2.43. The molecule has 27 heavy (non-hydrogen) atoms. The molecule has 2 aromatic carbocycles. The molecule has 0 atom stereocenters. The maximum atomic E-state index is 11.5. The van der Waals surface area contributed by atoms with Gasteiger partial charge in [-0.25, -0.2) is 4.79 Å². The summed E-state index contributed by atoms with van der Waals surface area (Å²) in [5.74, 6) is 0.463. The second-order valence-corrected chi connectivity index (χ2v) is 8.11. The Balaban J connectivity index is 1.48. The number of methoxy groups -OCH3 is 1. The highest BCUT2D eigenvalue weighted by molar-refractivity contribution is 8.01. The maximum absolute atomic E-state index is 11.5. The van der Waals surface area contributed by atoms with Crippen molar-refractivity contribution in [3.63, 3.8) is 0 Å². The van der Waals surface area contributed by atoms with Crippen LogP contribution in [0.2, 0.25) is 0 Å². The van der Waals surface area contributed by atoms with Gasteiger partial charge in [-0.2, -0.15) is 0 Å². The number of nitrogens with zero attached hydrogens (tertiary/aromatic N) is 1. The average Bonchev–Trinajstić information content (AvgIpc) is 3.48. The van der Waals surface area contributed by atoms with Crippen LogP contribution in [0.5, 0.6) is 0 Å². The van der Waals surface area contributed by atoms with Crippen molar-refractivity contribution in [2.45, 2.75) is 29.0 Å². The molecule has 0 aromatic heterocycles. The second-order valence-electron chi connectivity index (χ2n) is 6.57. The fourth-order valence-corrected chi connectivity index (χ4v) is 3.96. The zero-order valence-corrected chi connectivity index (χ0v) is 16.5. The molecule has 142 valence electrons. The van der Waals surface area contributed by atoms with Gasteiger partial charge in [0.2, 0.25) is 0 Å². The van der Waals surface area contributed by atoms with Crippen molar-refractivity contribution in [1.29, 1.82) is 0 Å². The lowest BCUT2D eigenvalue weighted by atomic mass is 10.1. The van der Waals surface area contributed by atoms with Crippen LogP contribution in [0.4, 0.5) is 0 Å². The molecule has 1 fully saturated rings. The minimum absolute atomic E-state index is 0.265. The predicted molar refractivity (Wildman–Crippen MR) is 110 cm³/mol. The van der Waals surface area contributed by atoms with Gasteiger partial charge in [-0.05, 0) is 42.7 Å². The first-order valence-electron chi connectivity index (χ1n) is 9.00. The van der Waals surface area contributed by atoms with Crippen LogP contribution in [0, 0.1) is 0 Å². The van der Waals surface area contributed by atoms with Crippen LogP contribution in [0.15, 0.2) is 64.5 Å². The summed E-state index contributed by atoms with van der Waals surface area (Å²) >= 11 is 1.94. The summed E-state index contributed by atoms with van der Waals surface area (Å²) < 4.78 is 4.98. The zero-order valence-electron chi connectivity index (χ0n) is 15.7. The lowest BCUT2D eigenvalue weighted by Crippen LogP contribution is -2.40. The first kappa shape index (κ1) is 19.3. The van der Waals surface area contributed by atoms with E-state index in [1.54, 1.807) is 19.2 Å². The summed E-state index contributed by atoms with van der Waals surface area (Å²) in [6.45, 7) is 1.52. The van der Waals surface area contributed by atoms with Crippen LogP contribution in [-0.2, 0) is 11.3 Å². The molecule has 6 heteroatoms. The van der Waals surface area contributed by atoms with Crippen LogP contribution in [-0.4, -0.2) is 37.4 Å². The van der Waals surface area contributed by atoms with Crippen LogP contribution >= 0.6 is 11.8 Å². The lowest BCUT2D eigenvalue weighted by molar-refractivity contribution is 0.0600. The Morgan fingerprint density at radius 1 is 1.11 bits per heavy atom. The van der Waals surface area contributed by atoms with E-state index < -0.39 is 0 Å². The summed E-state index contributed by atoms with van der Waals surface area (Å²) in [4.78, 5) is 17.1. The number of aliphatic imine (C=N–C) groups is 1. The van der Waals surface area contributed by atoms with Gasteiger partial charge in [0, 0.05) is 29.8 Å². The average molecular weight is 384 g/mol. The van der Waals surface area contributed by atoms with Gasteiger partial charge in [0.15, 0.2) is 5.96 Å². The van der Waals surface area contributed by atoms with Crippen LogP contribution in [0.25, 0.3) is 0 Å². The molecule has 0 spiro atoms. The van der Waals surface area contributed by atoms with Crippen molar-refractivity contribution < 1.29 is 9.53 Å². The maximum Gasteiger partial charge on any atom is 0.337 e. The Labute approximate surface area is 164 Å². The minimum atomic E-state index is -0.322. The number of thioether (sulfide) groups is 1. The number of benzene rings is 2. The molecule has 0 aliphatic heterocycles. The number of rotatable bonds is 7. The minimum Gasteiger partial charge on any atom is -0.465 e. The van der Waals surface area contributed by atoms with E-state index in [1.165, 1.54) is 24.8 Å². The molecule has 0 amide bonds. The highest BCUT2D eigenvalue weighted by Crippen LogP contribution is 2.51. The van der Waals surface area contributed by atoms with E-state index >= 15 is 0 Å². The molecule has 2 aromatic rings. The topological polar surface area (TPSA) is 62.7 Å². The molecule has 1 aliphatic rings. The van der Waals surface area contributed by atoms with Gasteiger partial charge >= 0.3 is 5.97 Å². The van der Waals surface area contributed by atoms with Crippen molar-refractivity contribution in [3.8, 4) is 0 Å². The van der Waals surface area contributed by atoms with E-state index in [4.69, 9.17) is 4.74 Å². The fourth-order valence-electron chi connectivity index (χ4n) is 2.72. The van der Waals surface area contributed by atoms with E-state index in [2.05, 4.69) is 39.9 Å². The molecule has 0 bridgehead atoms. The van der Waals surface area contributed by atoms with E-state index in [9.17, 15) is 4.79 Å². The first-order valence-corrected chi connectivity index (χ1v) is 9.82. The van der Waals surface area contributed by atoms with Crippen molar-refractivity contribution in [1.82, 2.24) is 10.6 Å². The third-order valence-corrected chi connectivity index (χ3v) is 6.02. The molecule has 1 aliphatic carbocycles. The van der Waals surface area contributed by atoms with Crippen molar-refractivity contribution in [2.24, 2.45) is 4.99 Å². The predicted octanol–water partition coefficient (Wildman–Crippen LogP) is 3.46. The standard InChI is InChI=1S/C21H25N3O2S/c1-22-20(23-14-16-8-10-17(11-9-16)19(25)26-2)24-15-21(12-13-21)27-18-6-4-3-5-7-18/h3-11H,12-15H2,1-2H3,(H2,22,23,24). The van der Waals surface area contributed by atoms with Crippen LogP contribution in [0.1, 0.15) is 28.8 Å². The SMILES string of the molecule is CN=C(NCc1ccc(C(=O)OC)cc1)NCC1(Sc2ccccc2)CC1. The molecule has 0 radical (unpaired) electrons. The van der Waals surface area contributed by atoms with Gasteiger partial charge < -0.3 is 15.4 Å². The Hall–Kier alpha value is -2.47. The number of carbonyl (C=O) groups is 1. The summed E-state index contributed by atoms with van der Waals surface area (Å²) in [5.41, 5.74) is 1.63. The largest absolute Gasteiger partial charge is 0.465 e. The summed E-state index contributed by atoms with van der Waals surface area (Å²) in [7, 11) is 3.16. The highest BCUT2D eigenvalue weighted by atomic mass is 32.2. The van der Waals surface area contributed by atoms with Gasteiger partial charge in [-0.1, -0.05) is 30.3 Å². The zero-order chi connectivity index (χ0) is 19.1. The monoisotopic (exact) mass is 383 g/mol. The number of ether oxygens (including phenoxy) is 1. The Morgan fingerprint density at radius 2 is 1.81 bits per heavy atom. The number of guanidine groups is 1. The number of carbonyl (C=O) groups excluding carboxylic acids is 1. The molecular weight excluding hydrogens is 358 g/mol. The molecule has 0 heterocycles. The smallest absolute Gasteiger partial charge is 0.337 e. The lowest BCUT2D eigenvalue weighted by Gasteiger charge is -2.18. The molecular formula is C21H25N3O2S. The molecule has 0 unspecified atom stereocenters. The Morgan fingerprint density at radius 3 is 2.41 bits per heavy atom. The molecule has 2 N–H and O–H groups in total. The number of nitrogens with one attached hydrogen (secondary N) is 2. The summed E-state index contributed by atoms with van der Waals surface area (Å²) in [6, 6.07) is 17.9. The highest BCUT2D eigenvalue weighted by Gasteiger charge is 2.43. The van der Waals surface area contributed by atoms with E-state index in [0.29, 0.717) is 12.1 Å². The van der Waals surface area contributed by atoms with E-state index in [-0.39, 0.29) is 10.7 Å². The first-order chi connectivity index (χ1) is 13.1. The number of esters is 1. The third kappa shape index (κ3) is 5.50. The van der Waals surface area contributed by atoms with Gasteiger partial charge in [0.1, 0.15) is 0 Å². The Bertz CT molecular complexity index is 787. The molecule has 5 nitrogen and oxygen atoms in total. The fraction of sp³-hybridized carbons (Fsp3) is 0.333. The van der Waals surface area contributed by atoms with E-state index in [1.807, 2.05) is 30.0 Å². The Kier molecular flexibility index (Phi) is 6.40.